The Bertz CT molecular complexity index is 1670. The summed E-state index contributed by atoms with van der Waals surface area (Å²) in [7, 11) is 5.94. The third-order valence-electron chi connectivity index (χ3n) is 11.7. The number of ether oxygens (including phenoxy) is 4. The van der Waals surface area contributed by atoms with Gasteiger partial charge in [-0.15, -0.1) is 0 Å². The van der Waals surface area contributed by atoms with Crippen molar-refractivity contribution in [1.82, 2.24) is 0 Å². The van der Waals surface area contributed by atoms with Crippen molar-refractivity contribution in [2.24, 2.45) is 0 Å². The van der Waals surface area contributed by atoms with Crippen LogP contribution in [0.15, 0.2) is 134 Å². The summed E-state index contributed by atoms with van der Waals surface area (Å²) >= 11 is 0. The lowest BCUT2D eigenvalue weighted by atomic mass is 10.0. The van der Waals surface area contributed by atoms with Crippen molar-refractivity contribution in [3.63, 3.8) is 0 Å². The van der Waals surface area contributed by atoms with E-state index in [2.05, 4.69) is 148 Å². The molecular formula is C65H106NO8+. The van der Waals surface area contributed by atoms with E-state index >= 15 is 0 Å². The lowest BCUT2D eigenvalue weighted by Crippen LogP contribution is -2.40. The highest BCUT2D eigenvalue weighted by Crippen LogP contribution is 2.14. The second-order valence-corrected chi connectivity index (χ2v) is 19.9. The fraction of sp³-hybridized carbons (Fsp3) is 0.615. The van der Waals surface area contributed by atoms with Crippen molar-refractivity contribution >= 4 is 17.9 Å². The number of carboxylic acid groups (broad SMARTS) is 1. The average Bonchev–Trinajstić information content (AvgIpc) is 3.37. The maximum Gasteiger partial charge on any atom is 0.361 e. The van der Waals surface area contributed by atoms with Gasteiger partial charge < -0.3 is 28.5 Å². The van der Waals surface area contributed by atoms with E-state index in [-0.39, 0.29) is 38.6 Å². The van der Waals surface area contributed by atoms with Crippen LogP contribution in [0, 0.1) is 0 Å². The predicted octanol–water partition coefficient (Wildman–Crippen LogP) is 17.1. The first-order chi connectivity index (χ1) is 36.1. The van der Waals surface area contributed by atoms with Gasteiger partial charge in [0.1, 0.15) is 13.2 Å². The van der Waals surface area contributed by atoms with Gasteiger partial charge in [0.05, 0.1) is 34.4 Å². The van der Waals surface area contributed by atoms with Crippen molar-refractivity contribution in [2.45, 2.75) is 212 Å². The number of hydrogen-bond acceptors (Lipinski definition) is 7. The van der Waals surface area contributed by atoms with E-state index < -0.39 is 24.3 Å². The number of likely N-dealkylation sites (N-methyl/N-ethyl adjacent to an activating group) is 1. The smallest absolute Gasteiger partial charge is 0.361 e. The summed E-state index contributed by atoms with van der Waals surface area (Å²) in [5.74, 6) is -2.06. The molecule has 1 N–H and O–H groups in total. The van der Waals surface area contributed by atoms with Crippen LogP contribution in [0.5, 0.6) is 0 Å². The van der Waals surface area contributed by atoms with E-state index in [4.69, 9.17) is 18.9 Å². The Morgan fingerprint density at radius 1 is 0.419 bits per heavy atom. The standard InChI is InChI=1S/C65H105NO8/c1-6-8-10-12-14-16-18-20-21-22-23-24-25-26-27-28-29-30-31-32-33-34-35-36-37-38-39-40-41-42-43-44-46-48-50-52-54-56-63(68)74-61(60-73-65(64(69)70)71-58-57-66(3,4)5)59-72-62(67)55-53-51-49-47-45-19-17-15-13-11-9-7-2/h8,10,14,16,20-21,23-24,26-27,29-30,32-33,35-36,38-39,41-42,44,46,61,65H,6-7,9,11-13,15,17-19,22,25,28,31,34,37,40,43,45,47-60H2,1-5H3/p+1/b10-8-,16-14-,21-20-,24-23-,27-26-,30-29-,33-32-,36-35-,39-38-,42-41-,46-44-. The summed E-state index contributed by atoms with van der Waals surface area (Å²) in [5.41, 5.74) is 0. The predicted molar refractivity (Wildman–Crippen MR) is 313 cm³/mol. The molecule has 0 amide bonds. The minimum atomic E-state index is -1.53. The molecule has 9 nitrogen and oxygen atoms in total. The van der Waals surface area contributed by atoms with Gasteiger partial charge in [-0.05, 0) is 96.3 Å². The zero-order valence-corrected chi connectivity index (χ0v) is 47.4. The van der Waals surface area contributed by atoms with Crippen molar-refractivity contribution in [1.29, 1.82) is 0 Å². The fourth-order valence-corrected chi connectivity index (χ4v) is 7.25. The highest BCUT2D eigenvalue weighted by Gasteiger charge is 2.25. The summed E-state index contributed by atoms with van der Waals surface area (Å²) in [5, 5.41) is 9.67. The Hall–Kier alpha value is -4.57. The second-order valence-electron chi connectivity index (χ2n) is 19.9. The molecule has 0 fully saturated rings. The maximum absolute atomic E-state index is 12.8. The summed E-state index contributed by atoms with van der Waals surface area (Å²) < 4.78 is 22.8. The van der Waals surface area contributed by atoms with Crippen LogP contribution >= 0.6 is 0 Å². The molecule has 0 spiro atoms. The molecule has 0 aromatic heterocycles. The highest BCUT2D eigenvalue weighted by atomic mass is 16.7. The van der Waals surface area contributed by atoms with Crippen LogP contribution in [0.3, 0.4) is 0 Å². The number of rotatable bonds is 51. The molecule has 74 heavy (non-hydrogen) atoms. The number of nitrogens with zero attached hydrogens (tertiary/aromatic N) is 1. The molecule has 0 aromatic rings. The number of quaternary nitrogens is 1. The summed E-state index contributed by atoms with van der Waals surface area (Å²) in [6.45, 7) is 4.69. The molecule has 0 bridgehead atoms. The van der Waals surface area contributed by atoms with Gasteiger partial charge in [-0.1, -0.05) is 225 Å². The van der Waals surface area contributed by atoms with Crippen LogP contribution in [-0.4, -0.2) is 87.4 Å². The SMILES string of the molecule is CC/C=C\C/C=C\C/C=C\C/C=C\C/C=C\C/C=C\C/C=C\C/C=C\C/C=C\C/C=C\C/C=C\CCCCCC(=O)OC(COC(=O)CCCCCCCCCCCCCC)COC(OCC[N+](C)(C)C)C(=O)O. The minimum Gasteiger partial charge on any atom is -0.477 e. The molecular weight excluding hydrogens is 923 g/mol. The lowest BCUT2D eigenvalue weighted by Gasteiger charge is -2.25. The van der Waals surface area contributed by atoms with Gasteiger partial charge in [0.25, 0.3) is 6.29 Å². The largest absolute Gasteiger partial charge is 0.477 e. The van der Waals surface area contributed by atoms with Crippen molar-refractivity contribution in [2.75, 3.05) is 47.5 Å². The van der Waals surface area contributed by atoms with Crippen molar-refractivity contribution in [3.05, 3.63) is 134 Å². The zero-order valence-electron chi connectivity index (χ0n) is 47.4. The molecule has 0 aliphatic carbocycles. The zero-order chi connectivity index (χ0) is 54.1. The number of unbranched alkanes of at least 4 members (excludes halogenated alkanes) is 14. The maximum atomic E-state index is 12.8. The molecule has 0 aromatic carbocycles. The van der Waals surface area contributed by atoms with E-state index in [0.29, 0.717) is 17.4 Å². The Morgan fingerprint density at radius 2 is 0.770 bits per heavy atom. The molecule has 0 saturated heterocycles. The molecule has 0 heterocycles. The number of carbonyl (C=O) groups excluding carboxylic acids is 2. The van der Waals surface area contributed by atoms with E-state index in [9.17, 15) is 19.5 Å². The quantitative estimate of drug-likeness (QED) is 0.0211. The summed E-state index contributed by atoms with van der Waals surface area (Å²) in [6, 6.07) is 0. The molecule has 2 unspecified atom stereocenters. The number of aliphatic carboxylic acids is 1. The molecule has 0 saturated carbocycles. The molecule has 9 heteroatoms. The fourth-order valence-electron chi connectivity index (χ4n) is 7.25. The number of carboxylic acids is 1. The van der Waals surface area contributed by atoms with Crippen LogP contribution in [-0.2, 0) is 33.3 Å². The van der Waals surface area contributed by atoms with Gasteiger partial charge in [-0.3, -0.25) is 9.59 Å². The Morgan fingerprint density at radius 3 is 1.15 bits per heavy atom. The van der Waals surface area contributed by atoms with Crippen LogP contribution < -0.4 is 0 Å². The Kier molecular flexibility index (Phi) is 51.3. The van der Waals surface area contributed by atoms with Crippen LogP contribution in [0.25, 0.3) is 0 Å². The van der Waals surface area contributed by atoms with E-state index in [1.807, 2.05) is 21.1 Å². The van der Waals surface area contributed by atoms with E-state index in [1.54, 1.807) is 0 Å². The molecule has 0 aliphatic heterocycles. The Balaban J connectivity index is 4.28. The van der Waals surface area contributed by atoms with E-state index in [0.717, 1.165) is 109 Å². The first-order valence-electron chi connectivity index (χ1n) is 28.8. The molecule has 2 atom stereocenters. The number of hydrogen-bond donors (Lipinski definition) is 1. The molecule has 0 aliphatic rings. The molecule has 0 rings (SSSR count). The van der Waals surface area contributed by atoms with Gasteiger partial charge in [0, 0.05) is 12.8 Å². The lowest BCUT2D eigenvalue weighted by molar-refractivity contribution is -0.870. The Labute approximate surface area is 452 Å². The highest BCUT2D eigenvalue weighted by molar-refractivity contribution is 5.71. The third kappa shape index (κ3) is 55.2. The number of carbonyl (C=O) groups is 3. The number of esters is 2. The van der Waals surface area contributed by atoms with Gasteiger partial charge in [-0.2, -0.15) is 0 Å². The van der Waals surface area contributed by atoms with Gasteiger partial charge in [0.15, 0.2) is 6.10 Å². The molecule has 418 valence electrons. The number of allylic oxidation sites excluding steroid dienone is 22. The van der Waals surface area contributed by atoms with Crippen molar-refractivity contribution < 1.29 is 42.9 Å². The first-order valence-corrected chi connectivity index (χ1v) is 28.8. The minimum absolute atomic E-state index is 0.175. The monoisotopic (exact) mass is 1030 g/mol. The normalized spacial score (nSPS) is 13.8. The van der Waals surface area contributed by atoms with Crippen LogP contribution in [0.2, 0.25) is 0 Å². The van der Waals surface area contributed by atoms with Gasteiger partial charge in [0.2, 0.25) is 0 Å². The molecule has 0 radical (unpaired) electrons. The van der Waals surface area contributed by atoms with Crippen molar-refractivity contribution in [3.8, 4) is 0 Å². The van der Waals surface area contributed by atoms with Crippen LogP contribution in [0.1, 0.15) is 200 Å². The topological polar surface area (TPSA) is 108 Å². The summed E-state index contributed by atoms with van der Waals surface area (Å²) in [4.78, 5) is 37.3. The third-order valence-corrected chi connectivity index (χ3v) is 11.7. The van der Waals surface area contributed by atoms with Crippen LogP contribution in [0.4, 0.5) is 0 Å². The van der Waals surface area contributed by atoms with Gasteiger partial charge >= 0.3 is 17.9 Å². The first kappa shape index (κ1) is 69.4. The average molecular weight is 1030 g/mol. The summed E-state index contributed by atoms with van der Waals surface area (Å²) in [6.07, 6.45) is 75.4. The second kappa shape index (κ2) is 54.7. The van der Waals surface area contributed by atoms with E-state index in [1.165, 1.54) is 57.8 Å². The van der Waals surface area contributed by atoms with Gasteiger partial charge in [-0.25, -0.2) is 4.79 Å².